The number of sulfonamides is 1. The van der Waals surface area contributed by atoms with Crippen LogP contribution in [0.5, 0.6) is 0 Å². The first-order valence-corrected chi connectivity index (χ1v) is 11.3. The quantitative estimate of drug-likeness (QED) is 0.620. The van der Waals surface area contributed by atoms with Crippen LogP contribution in [0.1, 0.15) is 30.1 Å². The molecular formula is C21H23FN4O3S. The van der Waals surface area contributed by atoms with E-state index in [1.54, 1.807) is 0 Å². The Labute approximate surface area is 175 Å². The van der Waals surface area contributed by atoms with Gasteiger partial charge in [0, 0.05) is 25.6 Å². The van der Waals surface area contributed by atoms with Crippen molar-refractivity contribution in [3.63, 3.8) is 0 Å². The van der Waals surface area contributed by atoms with Gasteiger partial charge in [-0.2, -0.15) is 4.98 Å². The zero-order valence-electron chi connectivity index (χ0n) is 16.4. The summed E-state index contributed by atoms with van der Waals surface area (Å²) >= 11 is 0. The molecule has 9 heteroatoms. The van der Waals surface area contributed by atoms with Crippen LogP contribution in [0, 0.1) is 5.82 Å². The average Bonchev–Trinajstić information content (AvgIpc) is 3.17. The number of aromatic nitrogens is 2. The predicted octanol–water partition coefficient (Wildman–Crippen LogP) is 2.74. The van der Waals surface area contributed by atoms with Gasteiger partial charge in [-0.05, 0) is 42.7 Å². The summed E-state index contributed by atoms with van der Waals surface area (Å²) in [6.07, 6.45) is 1.97. The molecule has 0 radical (unpaired) electrons. The lowest BCUT2D eigenvalue weighted by molar-refractivity contribution is 0.177. The van der Waals surface area contributed by atoms with Gasteiger partial charge < -0.3 is 4.52 Å². The van der Waals surface area contributed by atoms with Crippen molar-refractivity contribution in [2.75, 3.05) is 13.1 Å². The SMILES string of the molecule is O=S(=O)(NC1CCN(Cc2nc(Cc3ccccc3)no2)CC1)c1ccc(F)cc1. The fourth-order valence-corrected chi connectivity index (χ4v) is 4.81. The smallest absolute Gasteiger partial charge is 0.240 e. The molecule has 30 heavy (non-hydrogen) atoms. The molecule has 1 aliphatic heterocycles. The van der Waals surface area contributed by atoms with E-state index in [1.807, 2.05) is 30.3 Å². The third-order valence-corrected chi connectivity index (χ3v) is 6.64. The van der Waals surface area contributed by atoms with E-state index in [4.69, 9.17) is 4.52 Å². The number of likely N-dealkylation sites (tertiary alicyclic amines) is 1. The Morgan fingerprint density at radius 1 is 1.07 bits per heavy atom. The van der Waals surface area contributed by atoms with Crippen LogP contribution in [0.2, 0.25) is 0 Å². The van der Waals surface area contributed by atoms with Crippen LogP contribution in [0.25, 0.3) is 0 Å². The monoisotopic (exact) mass is 430 g/mol. The number of nitrogens with zero attached hydrogens (tertiary/aromatic N) is 3. The number of piperidine rings is 1. The minimum Gasteiger partial charge on any atom is -0.338 e. The highest BCUT2D eigenvalue weighted by molar-refractivity contribution is 7.89. The number of nitrogens with one attached hydrogen (secondary N) is 1. The van der Waals surface area contributed by atoms with Crippen molar-refractivity contribution in [1.82, 2.24) is 19.8 Å². The van der Waals surface area contributed by atoms with Gasteiger partial charge in [0.25, 0.3) is 0 Å². The summed E-state index contributed by atoms with van der Waals surface area (Å²) in [6.45, 7) is 1.97. The maximum Gasteiger partial charge on any atom is 0.240 e. The van der Waals surface area contributed by atoms with Crippen molar-refractivity contribution in [1.29, 1.82) is 0 Å². The largest absolute Gasteiger partial charge is 0.338 e. The first kappa shape index (κ1) is 20.6. The van der Waals surface area contributed by atoms with Gasteiger partial charge in [0.2, 0.25) is 15.9 Å². The molecule has 3 aromatic rings. The predicted molar refractivity (Wildman–Crippen MR) is 109 cm³/mol. The molecule has 0 aliphatic carbocycles. The van der Waals surface area contributed by atoms with E-state index >= 15 is 0 Å². The van der Waals surface area contributed by atoms with E-state index in [0.29, 0.717) is 50.6 Å². The van der Waals surface area contributed by atoms with E-state index in [9.17, 15) is 12.8 Å². The van der Waals surface area contributed by atoms with E-state index in [1.165, 1.54) is 12.1 Å². The van der Waals surface area contributed by atoms with Crippen molar-refractivity contribution >= 4 is 10.0 Å². The molecule has 7 nitrogen and oxygen atoms in total. The van der Waals surface area contributed by atoms with Crippen LogP contribution < -0.4 is 4.72 Å². The van der Waals surface area contributed by atoms with Crippen LogP contribution in [0.3, 0.4) is 0 Å². The molecule has 2 aromatic carbocycles. The van der Waals surface area contributed by atoms with Crippen LogP contribution in [-0.2, 0) is 23.0 Å². The molecule has 0 unspecified atom stereocenters. The number of hydrogen-bond donors (Lipinski definition) is 1. The van der Waals surface area contributed by atoms with E-state index in [2.05, 4.69) is 19.8 Å². The summed E-state index contributed by atoms with van der Waals surface area (Å²) in [5.41, 5.74) is 1.12. The molecular weight excluding hydrogens is 407 g/mol. The van der Waals surface area contributed by atoms with Crippen LogP contribution in [-0.4, -0.2) is 42.6 Å². The molecule has 1 saturated heterocycles. The molecule has 1 fully saturated rings. The lowest BCUT2D eigenvalue weighted by atomic mass is 10.1. The first-order valence-electron chi connectivity index (χ1n) is 9.83. The maximum atomic E-state index is 13.0. The van der Waals surface area contributed by atoms with Gasteiger partial charge in [-0.1, -0.05) is 35.5 Å². The Morgan fingerprint density at radius 2 is 1.77 bits per heavy atom. The normalized spacial score (nSPS) is 16.0. The van der Waals surface area contributed by atoms with Gasteiger partial charge >= 0.3 is 0 Å². The van der Waals surface area contributed by atoms with Gasteiger partial charge in [0.05, 0.1) is 11.4 Å². The van der Waals surface area contributed by atoms with Crippen LogP contribution in [0.15, 0.2) is 64.0 Å². The van der Waals surface area contributed by atoms with Crippen LogP contribution in [0.4, 0.5) is 4.39 Å². The van der Waals surface area contributed by atoms with Crippen molar-refractivity contribution in [2.24, 2.45) is 0 Å². The van der Waals surface area contributed by atoms with E-state index in [0.717, 1.165) is 17.7 Å². The second-order valence-electron chi connectivity index (χ2n) is 7.39. The topological polar surface area (TPSA) is 88.3 Å². The summed E-state index contributed by atoms with van der Waals surface area (Å²) in [5.74, 6) is 0.750. The van der Waals surface area contributed by atoms with Crippen LogP contribution >= 0.6 is 0 Å². The van der Waals surface area contributed by atoms with E-state index < -0.39 is 15.8 Å². The van der Waals surface area contributed by atoms with Crippen molar-refractivity contribution in [3.05, 3.63) is 77.7 Å². The van der Waals surface area contributed by atoms with E-state index in [-0.39, 0.29) is 10.9 Å². The van der Waals surface area contributed by atoms with Gasteiger partial charge in [0.1, 0.15) is 5.82 Å². The summed E-state index contributed by atoms with van der Waals surface area (Å²) in [4.78, 5) is 6.70. The molecule has 0 amide bonds. The number of hydrogen-bond acceptors (Lipinski definition) is 6. The fraction of sp³-hybridized carbons (Fsp3) is 0.333. The van der Waals surface area contributed by atoms with Gasteiger partial charge in [-0.3, -0.25) is 4.90 Å². The molecule has 2 heterocycles. The van der Waals surface area contributed by atoms with Crippen molar-refractivity contribution in [3.8, 4) is 0 Å². The third kappa shape index (κ3) is 5.29. The van der Waals surface area contributed by atoms with Crippen molar-refractivity contribution in [2.45, 2.75) is 36.7 Å². The first-order chi connectivity index (χ1) is 14.5. The Bertz CT molecular complexity index is 1060. The maximum absolute atomic E-state index is 13.0. The molecule has 1 N–H and O–H groups in total. The fourth-order valence-electron chi connectivity index (χ4n) is 3.51. The third-order valence-electron chi connectivity index (χ3n) is 5.11. The standard InChI is InChI=1S/C21H23FN4O3S/c22-17-6-8-19(9-7-17)30(27,28)25-18-10-12-26(13-11-18)15-21-23-20(24-29-21)14-16-4-2-1-3-5-16/h1-9,18,25H,10-15H2. The van der Waals surface area contributed by atoms with Gasteiger partial charge in [-0.15, -0.1) is 0 Å². The summed E-state index contributed by atoms with van der Waals surface area (Å²) in [5, 5.41) is 4.05. The lowest BCUT2D eigenvalue weighted by Crippen LogP contribution is -2.44. The minimum atomic E-state index is -3.66. The zero-order valence-corrected chi connectivity index (χ0v) is 17.2. The zero-order chi connectivity index (χ0) is 21.0. The van der Waals surface area contributed by atoms with Crippen molar-refractivity contribution < 1.29 is 17.3 Å². The highest BCUT2D eigenvalue weighted by atomic mass is 32.2. The number of halogens is 1. The molecule has 0 saturated carbocycles. The van der Waals surface area contributed by atoms with Gasteiger partial charge in [-0.25, -0.2) is 17.5 Å². The Hall–Kier alpha value is -2.62. The Morgan fingerprint density at radius 3 is 2.47 bits per heavy atom. The molecule has 0 atom stereocenters. The summed E-state index contributed by atoms with van der Waals surface area (Å²) < 4.78 is 46.0. The highest BCUT2D eigenvalue weighted by Gasteiger charge is 2.25. The molecule has 158 valence electrons. The average molecular weight is 431 g/mol. The summed E-state index contributed by atoms with van der Waals surface area (Å²) in [7, 11) is -3.66. The van der Waals surface area contributed by atoms with Gasteiger partial charge in [0.15, 0.2) is 5.82 Å². The molecule has 1 aliphatic rings. The molecule has 0 spiro atoms. The molecule has 1 aromatic heterocycles. The molecule has 0 bridgehead atoms. The number of benzene rings is 2. The Kier molecular flexibility index (Phi) is 6.21. The second-order valence-corrected chi connectivity index (χ2v) is 9.11. The highest BCUT2D eigenvalue weighted by Crippen LogP contribution is 2.17. The molecule has 4 rings (SSSR count). The number of rotatable bonds is 7. The summed E-state index contributed by atoms with van der Waals surface area (Å²) in [6, 6.07) is 14.6. The second kappa shape index (κ2) is 9.03. The minimum absolute atomic E-state index is 0.0723. The Balaban J connectivity index is 1.27. The lowest BCUT2D eigenvalue weighted by Gasteiger charge is -2.31.